The number of benzene rings is 2. The molecule has 1 amide bonds. The molecular formula is C23H30N2O3S. The predicted molar refractivity (Wildman–Crippen MR) is 116 cm³/mol. The molecule has 0 bridgehead atoms. The van der Waals surface area contributed by atoms with Crippen molar-refractivity contribution in [3.8, 4) is 0 Å². The second kappa shape index (κ2) is 9.55. The van der Waals surface area contributed by atoms with Gasteiger partial charge in [-0.15, -0.1) is 0 Å². The highest BCUT2D eigenvalue weighted by Crippen LogP contribution is 2.27. The Morgan fingerprint density at radius 1 is 1.03 bits per heavy atom. The number of sulfonamides is 1. The number of anilines is 1. The Hall–Kier alpha value is -2.18. The fraction of sp³-hybridized carbons (Fsp3) is 0.435. The van der Waals surface area contributed by atoms with E-state index in [4.69, 9.17) is 0 Å². The van der Waals surface area contributed by atoms with Gasteiger partial charge in [0.05, 0.1) is 4.90 Å². The smallest absolute Gasteiger partial charge is 0.243 e. The number of hydrogen-bond donors (Lipinski definition) is 1. The van der Waals surface area contributed by atoms with Crippen molar-refractivity contribution in [2.75, 3.05) is 11.9 Å². The highest BCUT2D eigenvalue weighted by atomic mass is 32.2. The van der Waals surface area contributed by atoms with Gasteiger partial charge in [-0.3, -0.25) is 4.79 Å². The highest BCUT2D eigenvalue weighted by molar-refractivity contribution is 7.89. The summed E-state index contributed by atoms with van der Waals surface area (Å²) in [6.45, 7) is 4.97. The highest BCUT2D eigenvalue weighted by Gasteiger charge is 2.28. The van der Waals surface area contributed by atoms with Crippen LogP contribution in [-0.2, 0) is 27.8 Å². The molecule has 0 saturated carbocycles. The summed E-state index contributed by atoms with van der Waals surface area (Å²) in [6.07, 6.45) is 4.40. The van der Waals surface area contributed by atoms with E-state index in [0.29, 0.717) is 24.4 Å². The molecule has 1 aliphatic rings. The molecule has 3 rings (SSSR count). The van der Waals surface area contributed by atoms with Crippen molar-refractivity contribution in [1.82, 2.24) is 4.31 Å². The first kappa shape index (κ1) is 21.5. The Bertz CT molecular complexity index is 936. The molecule has 0 saturated heterocycles. The molecular weight excluding hydrogens is 384 g/mol. The molecule has 1 heterocycles. The Morgan fingerprint density at radius 3 is 2.38 bits per heavy atom. The first-order chi connectivity index (χ1) is 14.0. The largest absolute Gasteiger partial charge is 0.326 e. The molecule has 0 aromatic heterocycles. The van der Waals surface area contributed by atoms with Gasteiger partial charge < -0.3 is 5.32 Å². The lowest BCUT2D eigenvalue weighted by atomic mass is 9.96. The van der Waals surface area contributed by atoms with Crippen LogP contribution in [0.25, 0.3) is 0 Å². The fourth-order valence-electron chi connectivity index (χ4n) is 3.90. The number of amides is 1. The average molecular weight is 415 g/mol. The zero-order valence-corrected chi connectivity index (χ0v) is 18.0. The second-order valence-electron chi connectivity index (χ2n) is 7.65. The predicted octanol–water partition coefficient (Wildman–Crippen LogP) is 4.59. The van der Waals surface area contributed by atoms with E-state index in [1.165, 1.54) is 4.31 Å². The van der Waals surface area contributed by atoms with Crippen LogP contribution in [0.15, 0.2) is 53.4 Å². The second-order valence-corrected chi connectivity index (χ2v) is 9.59. The third-order valence-corrected chi connectivity index (χ3v) is 7.34. The summed E-state index contributed by atoms with van der Waals surface area (Å²) in [5.74, 6) is 0.0780. The van der Waals surface area contributed by atoms with Crippen LogP contribution in [-0.4, -0.2) is 25.2 Å². The van der Waals surface area contributed by atoms with Crippen molar-refractivity contribution >= 4 is 21.6 Å². The first-order valence-electron chi connectivity index (χ1n) is 10.4. The lowest BCUT2D eigenvalue weighted by molar-refractivity contribution is -0.120. The maximum atomic E-state index is 12.9. The molecule has 2 aromatic carbocycles. The molecule has 1 aliphatic heterocycles. The van der Waals surface area contributed by atoms with Gasteiger partial charge in [-0.25, -0.2) is 8.42 Å². The van der Waals surface area contributed by atoms with Gasteiger partial charge in [-0.1, -0.05) is 51.0 Å². The van der Waals surface area contributed by atoms with E-state index in [0.717, 1.165) is 42.5 Å². The molecule has 156 valence electrons. The van der Waals surface area contributed by atoms with Crippen molar-refractivity contribution < 1.29 is 13.2 Å². The third kappa shape index (κ3) is 5.06. The number of nitrogens with zero attached hydrogens (tertiary/aromatic N) is 1. The molecule has 0 spiro atoms. The average Bonchev–Trinajstić information content (AvgIpc) is 2.73. The summed E-state index contributed by atoms with van der Waals surface area (Å²) in [5.41, 5.74) is 2.84. The molecule has 6 heteroatoms. The van der Waals surface area contributed by atoms with Gasteiger partial charge in [0.15, 0.2) is 0 Å². The van der Waals surface area contributed by atoms with Gasteiger partial charge in [-0.2, -0.15) is 4.31 Å². The molecule has 1 N–H and O–H groups in total. The van der Waals surface area contributed by atoms with Crippen LogP contribution in [0.5, 0.6) is 0 Å². The summed E-state index contributed by atoms with van der Waals surface area (Å²) in [7, 11) is -3.52. The Balaban J connectivity index is 1.76. The summed E-state index contributed by atoms with van der Waals surface area (Å²) in [4.78, 5) is 13.0. The third-order valence-electron chi connectivity index (χ3n) is 5.48. The molecule has 0 atom stereocenters. The maximum absolute atomic E-state index is 12.9. The molecule has 0 radical (unpaired) electrons. The van der Waals surface area contributed by atoms with E-state index < -0.39 is 10.0 Å². The van der Waals surface area contributed by atoms with E-state index in [9.17, 15) is 13.2 Å². The number of carbonyl (C=O) groups is 1. The van der Waals surface area contributed by atoms with Crippen LogP contribution in [0.1, 0.15) is 50.7 Å². The van der Waals surface area contributed by atoms with Crippen LogP contribution >= 0.6 is 0 Å². The molecule has 2 aromatic rings. The van der Waals surface area contributed by atoms with Crippen LogP contribution in [0.3, 0.4) is 0 Å². The minimum absolute atomic E-state index is 0.0241. The molecule has 0 aliphatic carbocycles. The van der Waals surface area contributed by atoms with Crippen molar-refractivity contribution in [2.24, 2.45) is 5.92 Å². The van der Waals surface area contributed by atoms with Crippen molar-refractivity contribution in [3.63, 3.8) is 0 Å². The summed E-state index contributed by atoms with van der Waals surface area (Å²) in [6, 6.07) is 14.4. The van der Waals surface area contributed by atoms with E-state index in [1.807, 2.05) is 24.3 Å². The number of rotatable bonds is 8. The Labute approximate surface area is 174 Å². The van der Waals surface area contributed by atoms with E-state index in [2.05, 4.69) is 19.2 Å². The summed E-state index contributed by atoms with van der Waals surface area (Å²) < 4.78 is 27.4. The maximum Gasteiger partial charge on any atom is 0.243 e. The lowest BCUT2D eigenvalue weighted by Crippen LogP contribution is -2.36. The van der Waals surface area contributed by atoms with Gasteiger partial charge in [0.25, 0.3) is 0 Å². The summed E-state index contributed by atoms with van der Waals surface area (Å²) in [5, 5.41) is 3.04. The van der Waals surface area contributed by atoms with Gasteiger partial charge >= 0.3 is 0 Å². The Kier molecular flexibility index (Phi) is 7.09. The van der Waals surface area contributed by atoms with Crippen molar-refractivity contribution in [1.29, 1.82) is 0 Å². The monoisotopic (exact) mass is 414 g/mol. The van der Waals surface area contributed by atoms with Crippen LogP contribution in [0.2, 0.25) is 0 Å². The summed E-state index contributed by atoms with van der Waals surface area (Å²) >= 11 is 0. The molecule has 0 fully saturated rings. The molecule has 0 unspecified atom stereocenters. The minimum atomic E-state index is -3.52. The number of hydrogen-bond acceptors (Lipinski definition) is 3. The lowest BCUT2D eigenvalue weighted by Gasteiger charge is -2.28. The molecule has 29 heavy (non-hydrogen) atoms. The van der Waals surface area contributed by atoms with Gasteiger partial charge in [0.2, 0.25) is 15.9 Å². The number of fused-ring (bicyclic) bond motifs is 1. The van der Waals surface area contributed by atoms with Crippen LogP contribution in [0, 0.1) is 5.92 Å². The number of nitrogens with one attached hydrogen (secondary N) is 1. The van der Waals surface area contributed by atoms with E-state index >= 15 is 0 Å². The van der Waals surface area contributed by atoms with Crippen molar-refractivity contribution in [2.45, 2.75) is 57.4 Å². The zero-order valence-electron chi connectivity index (χ0n) is 17.2. The van der Waals surface area contributed by atoms with Gasteiger partial charge in [-0.05, 0) is 54.7 Å². The minimum Gasteiger partial charge on any atom is -0.326 e. The standard InChI is InChI=1S/C23H30N2O3S/c1-3-8-19(9-4-2)23(26)24-21-13-12-18-14-15-25(17-20(18)16-21)29(27,28)22-10-6-5-7-11-22/h5-7,10-13,16,19H,3-4,8-9,14-15,17H2,1-2H3,(H,24,26). The van der Waals surface area contributed by atoms with Gasteiger partial charge in [0, 0.05) is 24.7 Å². The fourth-order valence-corrected chi connectivity index (χ4v) is 5.34. The van der Waals surface area contributed by atoms with Gasteiger partial charge in [0.1, 0.15) is 0 Å². The van der Waals surface area contributed by atoms with Crippen LogP contribution in [0.4, 0.5) is 5.69 Å². The van der Waals surface area contributed by atoms with E-state index in [1.54, 1.807) is 24.3 Å². The van der Waals surface area contributed by atoms with Crippen molar-refractivity contribution in [3.05, 3.63) is 59.7 Å². The normalized spacial score (nSPS) is 14.6. The van der Waals surface area contributed by atoms with Crippen LogP contribution < -0.4 is 5.32 Å². The SMILES string of the molecule is CCCC(CCC)C(=O)Nc1ccc2c(c1)CN(S(=O)(=O)c1ccccc1)CC2. The Morgan fingerprint density at radius 2 is 1.72 bits per heavy atom. The zero-order chi connectivity index (χ0) is 20.9. The quantitative estimate of drug-likeness (QED) is 0.687. The molecule has 5 nitrogen and oxygen atoms in total. The van der Waals surface area contributed by atoms with E-state index in [-0.39, 0.29) is 11.8 Å². The number of carbonyl (C=O) groups excluding carboxylic acids is 1. The first-order valence-corrected chi connectivity index (χ1v) is 11.9. The topological polar surface area (TPSA) is 66.5 Å².